The third-order valence-electron chi connectivity index (χ3n) is 6.12. The normalized spacial score (nSPS) is 25.7. The van der Waals surface area contributed by atoms with Crippen LogP contribution in [0.4, 0.5) is 0 Å². The Kier molecular flexibility index (Phi) is 3.68. The Hall–Kier alpha value is -2.15. The molecular weight excluding hydrogens is 292 g/mol. The van der Waals surface area contributed by atoms with Gasteiger partial charge in [-0.25, -0.2) is 0 Å². The summed E-state index contributed by atoms with van der Waals surface area (Å²) >= 11 is 0. The zero-order valence-electron chi connectivity index (χ0n) is 14.3. The summed E-state index contributed by atoms with van der Waals surface area (Å²) in [7, 11) is 0. The van der Waals surface area contributed by atoms with Crippen molar-refractivity contribution in [1.82, 2.24) is 0 Å². The number of fused-ring (bicyclic) bond motifs is 1. The third kappa shape index (κ3) is 2.34. The maximum Gasteiger partial charge on any atom is 0.159 e. The summed E-state index contributed by atoms with van der Waals surface area (Å²) in [5, 5.41) is 0. The largest absolute Gasteiger partial charge is 0.295 e. The Labute approximate surface area is 144 Å². The minimum absolute atomic E-state index is 0.0718. The first-order valence-electron chi connectivity index (χ1n) is 9.02. The third-order valence-corrected chi connectivity index (χ3v) is 6.12. The van der Waals surface area contributed by atoms with Gasteiger partial charge in [-0.05, 0) is 47.8 Å². The number of hydrogen-bond donors (Lipinski definition) is 0. The lowest BCUT2D eigenvalue weighted by Crippen LogP contribution is -2.39. The van der Waals surface area contributed by atoms with Gasteiger partial charge in [0.25, 0.3) is 0 Å². The van der Waals surface area contributed by atoms with E-state index in [0.717, 1.165) is 31.3 Å². The second-order valence-corrected chi connectivity index (χ2v) is 7.60. The standard InChI is InChI=1S/C23H24O/c1-22-14-8-13-21(24)20(22)17-23(16-15-22,18-9-4-2-5-10-18)19-11-6-3-7-12-19/h2-7,9-12,17H,8,13-16H2,1H3/t22-/m0/s1. The van der Waals surface area contributed by atoms with Gasteiger partial charge in [0.05, 0.1) is 0 Å². The molecule has 1 nitrogen and oxygen atoms in total. The lowest BCUT2D eigenvalue weighted by molar-refractivity contribution is -0.118. The van der Waals surface area contributed by atoms with Crippen LogP contribution in [0.15, 0.2) is 72.3 Å². The van der Waals surface area contributed by atoms with Crippen LogP contribution in [0.2, 0.25) is 0 Å². The van der Waals surface area contributed by atoms with Crippen LogP contribution in [0.3, 0.4) is 0 Å². The second kappa shape index (κ2) is 5.73. The summed E-state index contributed by atoms with van der Waals surface area (Å²) < 4.78 is 0. The van der Waals surface area contributed by atoms with E-state index in [1.54, 1.807) is 0 Å². The fourth-order valence-corrected chi connectivity index (χ4v) is 4.64. The molecule has 0 N–H and O–H groups in total. The molecule has 2 aromatic carbocycles. The topological polar surface area (TPSA) is 17.1 Å². The highest BCUT2D eigenvalue weighted by Gasteiger charge is 2.45. The number of hydrogen-bond acceptors (Lipinski definition) is 1. The Bertz CT molecular complexity index is 733. The van der Waals surface area contributed by atoms with Crippen LogP contribution in [-0.2, 0) is 10.2 Å². The second-order valence-electron chi connectivity index (χ2n) is 7.60. The molecule has 0 heterocycles. The maximum absolute atomic E-state index is 12.7. The Morgan fingerprint density at radius 1 is 0.792 bits per heavy atom. The van der Waals surface area contributed by atoms with E-state index in [-0.39, 0.29) is 10.8 Å². The van der Waals surface area contributed by atoms with Gasteiger partial charge in [0, 0.05) is 11.8 Å². The zero-order valence-corrected chi connectivity index (χ0v) is 14.3. The van der Waals surface area contributed by atoms with Gasteiger partial charge in [0.15, 0.2) is 5.78 Å². The minimum Gasteiger partial charge on any atom is -0.295 e. The van der Waals surface area contributed by atoms with Crippen LogP contribution in [-0.4, -0.2) is 5.78 Å². The molecule has 0 saturated heterocycles. The average Bonchev–Trinajstić information content (AvgIpc) is 2.63. The van der Waals surface area contributed by atoms with E-state index in [4.69, 9.17) is 0 Å². The lowest BCUT2D eigenvalue weighted by Gasteiger charge is -2.46. The number of rotatable bonds is 2. The van der Waals surface area contributed by atoms with Crippen molar-refractivity contribution in [2.45, 2.75) is 44.4 Å². The monoisotopic (exact) mass is 316 g/mol. The molecule has 1 atom stereocenters. The number of carbonyl (C=O) groups is 1. The highest BCUT2D eigenvalue weighted by atomic mass is 16.1. The van der Waals surface area contributed by atoms with Crippen molar-refractivity contribution >= 4 is 5.78 Å². The van der Waals surface area contributed by atoms with Gasteiger partial charge in [0.1, 0.15) is 0 Å². The molecule has 2 aromatic rings. The number of Topliss-reactive ketones (excluding diaryl/α,β-unsaturated/α-hetero) is 1. The smallest absolute Gasteiger partial charge is 0.159 e. The predicted octanol–water partition coefficient (Wildman–Crippen LogP) is 5.45. The van der Waals surface area contributed by atoms with Gasteiger partial charge < -0.3 is 0 Å². The molecule has 1 fully saturated rings. The molecule has 24 heavy (non-hydrogen) atoms. The molecule has 1 heteroatoms. The van der Waals surface area contributed by atoms with Crippen LogP contribution in [0, 0.1) is 5.41 Å². The maximum atomic E-state index is 12.7. The molecule has 0 aliphatic heterocycles. The van der Waals surface area contributed by atoms with Crippen molar-refractivity contribution < 1.29 is 4.79 Å². The van der Waals surface area contributed by atoms with Gasteiger partial charge >= 0.3 is 0 Å². The van der Waals surface area contributed by atoms with E-state index in [0.29, 0.717) is 12.2 Å². The molecule has 0 aromatic heterocycles. The number of carbonyl (C=O) groups excluding carboxylic acids is 1. The van der Waals surface area contributed by atoms with E-state index in [2.05, 4.69) is 73.7 Å². The molecule has 0 bridgehead atoms. The summed E-state index contributed by atoms with van der Waals surface area (Å²) in [5.74, 6) is 0.361. The van der Waals surface area contributed by atoms with Gasteiger partial charge in [-0.15, -0.1) is 0 Å². The van der Waals surface area contributed by atoms with Crippen LogP contribution in [0.25, 0.3) is 0 Å². The van der Waals surface area contributed by atoms with E-state index in [1.165, 1.54) is 11.1 Å². The van der Waals surface area contributed by atoms with E-state index in [1.807, 2.05) is 0 Å². The fraction of sp³-hybridized carbons (Fsp3) is 0.348. The molecule has 0 amide bonds. The van der Waals surface area contributed by atoms with Crippen LogP contribution in [0.1, 0.15) is 50.2 Å². The van der Waals surface area contributed by atoms with Crippen molar-refractivity contribution in [3.05, 3.63) is 83.4 Å². The summed E-state index contributed by atoms with van der Waals surface area (Å²) in [6, 6.07) is 21.4. The molecule has 0 spiro atoms. The molecule has 4 rings (SSSR count). The quantitative estimate of drug-likeness (QED) is 0.720. The van der Waals surface area contributed by atoms with Crippen LogP contribution >= 0.6 is 0 Å². The number of ketones is 1. The summed E-state index contributed by atoms with van der Waals surface area (Å²) in [6.07, 6.45) is 7.35. The van der Waals surface area contributed by atoms with Crippen molar-refractivity contribution in [3.8, 4) is 0 Å². The average molecular weight is 316 g/mol. The SMILES string of the molecule is C[C@@]12CCCC(=O)C1=CC(c1ccccc1)(c1ccccc1)CC2. The molecule has 1 saturated carbocycles. The summed E-state index contributed by atoms with van der Waals surface area (Å²) in [6.45, 7) is 2.29. The van der Waals surface area contributed by atoms with Crippen molar-refractivity contribution in [3.63, 3.8) is 0 Å². The van der Waals surface area contributed by atoms with Crippen molar-refractivity contribution in [2.24, 2.45) is 5.41 Å². The van der Waals surface area contributed by atoms with Crippen molar-refractivity contribution in [1.29, 1.82) is 0 Å². The minimum atomic E-state index is -0.176. The molecular formula is C23H24O. The first-order chi connectivity index (χ1) is 11.6. The van der Waals surface area contributed by atoms with Crippen molar-refractivity contribution in [2.75, 3.05) is 0 Å². The predicted molar refractivity (Wildman–Crippen MR) is 97.9 cm³/mol. The Balaban J connectivity index is 1.94. The lowest BCUT2D eigenvalue weighted by atomic mass is 9.57. The fourth-order valence-electron chi connectivity index (χ4n) is 4.64. The van der Waals surface area contributed by atoms with E-state index in [9.17, 15) is 4.79 Å². The highest BCUT2D eigenvalue weighted by Crippen LogP contribution is 2.53. The zero-order chi connectivity index (χ0) is 16.6. The van der Waals surface area contributed by atoms with Crippen LogP contribution < -0.4 is 0 Å². The molecule has 122 valence electrons. The number of benzene rings is 2. The van der Waals surface area contributed by atoms with E-state index >= 15 is 0 Å². The highest BCUT2D eigenvalue weighted by molar-refractivity contribution is 5.98. The van der Waals surface area contributed by atoms with Gasteiger partial charge in [-0.2, -0.15) is 0 Å². The van der Waals surface area contributed by atoms with Crippen LogP contribution in [0.5, 0.6) is 0 Å². The van der Waals surface area contributed by atoms with E-state index < -0.39 is 0 Å². The first-order valence-corrected chi connectivity index (χ1v) is 9.02. The molecule has 2 aliphatic rings. The first kappa shape index (κ1) is 15.4. The molecule has 2 aliphatic carbocycles. The van der Waals surface area contributed by atoms with Gasteiger partial charge in [-0.3, -0.25) is 4.79 Å². The molecule has 0 radical (unpaired) electrons. The number of allylic oxidation sites excluding steroid dienone is 2. The molecule has 0 unspecified atom stereocenters. The summed E-state index contributed by atoms with van der Waals surface area (Å²) in [4.78, 5) is 12.7. The summed E-state index contributed by atoms with van der Waals surface area (Å²) in [5.41, 5.74) is 3.56. The van der Waals surface area contributed by atoms with Gasteiger partial charge in [0.2, 0.25) is 0 Å². The Morgan fingerprint density at radius 2 is 1.38 bits per heavy atom. The Morgan fingerprint density at radius 3 is 1.96 bits per heavy atom. The van der Waals surface area contributed by atoms with Gasteiger partial charge in [-0.1, -0.05) is 73.7 Å².